The SMILES string of the molecule is NC[C@H]1OC(=O)[C@](O)(CN)[C@@H]1OC(=O)N(c1ccccc1)c1ccccc1. The molecule has 0 aromatic heterocycles. The molecule has 1 aliphatic heterocycles. The van der Waals surface area contributed by atoms with Crippen molar-refractivity contribution in [3.8, 4) is 0 Å². The Morgan fingerprint density at radius 2 is 1.59 bits per heavy atom. The zero-order chi connectivity index (χ0) is 19.4. The van der Waals surface area contributed by atoms with Crippen LogP contribution in [0.1, 0.15) is 0 Å². The number of hydrogen-bond acceptors (Lipinski definition) is 7. The highest BCUT2D eigenvalue weighted by molar-refractivity contribution is 5.96. The Morgan fingerprint density at radius 1 is 1.07 bits per heavy atom. The van der Waals surface area contributed by atoms with E-state index in [4.69, 9.17) is 20.9 Å². The smallest absolute Gasteiger partial charge is 0.419 e. The number of aliphatic hydroxyl groups is 1. The highest BCUT2D eigenvalue weighted by Gasteiger charge is 2.58. The zero-order valence-electron chi connectivity index (χ0n) is 14.5. The third kappa shape index (κ3) is 3.50. The van der Waals surface area contributed by atoms with Crippen molar-refractivity contribution >= 4 is 23.4 Å². The Bertz CT molecular complexity index is 762. The van der Waals surface area contributed by atoms with Crippen LogP contribution in [-0.4, -0.2) is 48.1 Å². The fourth-order valence-electron chi connectivity index (χ4n) is 2.94. The fourth-order valence-corrected chi connectivity index (χ4v) is 2.94. The number of esters is 1. The van der Waals surface area contributed by atoms with Gasteiger partial charge < -0.3 is 26.0 Å². The average molecular weight is 371 g/mol. The predicted molar refractivity (Wildman–Crippen MR) is 98.2 cm³/mol. The van der Waals surface area contributed by atoms with E-state index in [2.05, 4.69) is 0 Å². The van der Waals surface area contributed by atoms with Gasteiger partial charge in [-0.15, -0.1) is 0 Å². The summed E-state index contributed by atoms with van der Waals surface area (Å²) in [5.41, 5.74) is 10.1. The van der Waals surface area contributed by atoms with Gasteiger partial charge in [0.25, 0.3) is 0 Å². The Hall–Kier alpha value is -2.94. The third-order valence-corrected chi connectivity index (χ3v) is 4.40. The number of carbonyl (C=O) groups excluding carboxylic acids is 2. The topological polar surface area (TPSA) is 128 Å². The quantitative estimate of drug-likeness (QED) is 0.666. The summed E-state index contributed by atoms with van der Waals surface area (Å²) in [6.45, 7) is -0.584. The van der Waals surface area contributed by atoms with Gasteiger partial charge in [0.05, 0.1) is 11.4 Å². The van der Waals surface area contributed by atoms with Gasteiger partial charge in [-0.05, 0) is 24.3 Å². The number of benzene rings is 2. The van der Waals surface area contributed by atoms with E-state index < -0.39 is 36.4 Å². The van der Waals surface area contributed by atoms with E-state index in [1.807, 2.05) is 12.1 Å². The fraction of sp³-hybridized carbons (Fsp3) is 0.263. The molecule has 2 aromatic rings. The lowest BCUT2D eigenvalue weighted by atomic mass is 9.96. The van der Waals surface area contributed by atoms with Crippen LogP contribution in [0.4, 0.5) is 16.2 Å². The van der Waals surface area contributed by atoms with Gasteiger partial charge in [-0.3, -0.25) is 0 Å². The van der Waals surface area contributed by atoms with E-state index in [1.54, 1.807) is 48.5 Å². The molecule has 27 heavy (non-hydrogen) atoms. The number of anilines is 2. The normalized spacial score (nSPS) is 24.3. The van der Waals surface area contributed by atoms with Crippen LogP contribution < -0.4 is 16.4 Å². The van der Waals surface area contributed by atoms with Crippen LogP contribution in [0.2, 0.25) is 0 Å². The molecule has 3 rings (SSSR count). The standard InChI is InChI=1S/C19H21N3O5/c20-11-15-16(19(25,12-21)17(23)26-15)27-18(24)22(13-7-3-1-4-8-13)14-9-5-2-6-10-14/h1-10,15-16,25H,11-12,20-21H2/t15-,16-,19+/m1/s1. The number of hydrogen-bond donors (Lipinski definition) is 3. The van der Waals surface area contributed by atoms with Crippen LogP contribution in [-0.2, 0) is 14.3 Å². The molecule has 8 nitrogen and oxygen atoms in total. The molecule has 1 saturated heterocycles. The molecule has 0 radical (unpaired) electrons. The first-order valence-electron chi connectivity index (χ1n) is 8.45. The maximum absolute atomic E-state index is 13.0. The molecule has 1 fully saturated rings. The number of ether oxygens (including phenoxy) is 2. The maximum atomic E-state index is 13.0. The molecule has 0 saturated carbocycles. The molecule has 8 heteroatoms. The first-order chi connectivity index (χ1) is 13.0. The molecule has 1 amide bonds. The third-order valence-electron chi connectivity index (χ3n) is 4.40. The first kappa shape index (κ1) is 18.8. The van der Waals surface area contributed by atoms with E-state index in [-0.39, 0.29) is 6.54 Å². The second-order valence-electron chi connectivity index (χ2n) is 6.12. The summed E-state index contributed by atoms with van der Waals surface area (Å²) in [6, 6.07) is 17.7. The predicted octanol–water partition coefficient (Wildman–Crippen LogP) is 0.904. The molecule has 3 atom stereocenters. The molecule has 1 heterocycles. The summed E-state index contributed by atoms with van der Waals surface area (Å²) in [5.74, 6) is -0.954. The summed E-state index contributed by atoms with van der Waals surface area (Å²) >= 11 is 0. The Balaban J connectivity index is 1.94. The number of carbonyl (C=O) groups is 2. The molecular weight excluding hydrogens is 350 g/mol. The van der Waals surface area contributed by atoms with Gasteiger partial charge in [-0.1, -0.05) is 36.4 Å². The average Bonchev–Trinajstić information content (AvgIpc) is 2.94. The van der Waals surface area contributed by atoms with Crippen molar-refractivity contribution in [2.75, 3.05) is 18.0 Å². The van der Waals surface area contributed by atoms with Crippen molar-refractivity contribution in [2.45, 2.75) is 17.8 Å². The van der Waals surface area contributed by atoms with Crippen molar-refractivity contribution in [1.82, 2.24) is 0 Å². The van der Waals surface area contributed by atoms with Crippen molar-refractivity contribution in [1.29, 1.82) is 0 Å². The van der Waals surface area contributed by atoms with E-state index in [1.165, 1.54) is 4.90 Å². The lowest BCUT2D eigenvalue weighted by Gasteiger charge is -2.29. The molecule has 0 aliphatic carbocycles. The van der Waals surface area contributed by atoms with E-state index in [0.29, 0.717) is 11.4 Å². The van der Waals surface area contributed by atoms with Crippen LogP contribution in [0.3, 0.4) is 0 Å². The van der Waals surface area contributed by atoms with Gasteiger partial charge in [-0.25, -0.2) is 14.5 Å². The van der Waals surface area contributed by atoms with Gasteiger partial charge in [0.1, 0.15) is 0 Å². The Kier molecular flexibility index (Phi) is 5.41. The second kappa shape index (κ2) is 7.75. The largest absolute Gasteiger partial charge is 0.455 e. The van der Waals surface area contributed by atoms with Crippen LogP contribution in [0.25, 0.3) is 0 Å². The van der Waals surface area contributed by atoms with Crippen molar-refractivity contribution in [3.63, 3.8) is 0 Å². The Morgan fingerprint density at radius 3 is 2.04 bits per heavy atom. The van der Waals surface area contributed by atoms with Crippen LogP contribution in [0.15, 0.2) is 60.7 Å². The minimum atomic E-state index is -2.14. The zero-order valence-corrected chi connectivity index (χ0v) is 14.5. The highest BCUT2D eigenvalue weighted by atomic mass is 16.6. The molecule has 0 unspecified atom stereocenters. The summed E-state index contributed by atoms with van der Waals surface area (Å²) in [5, 5.41) is 10.6. The molecule has 142 valence electrons. The molecule has 0 bridgehead atoms. The summed E-state index contributed by atoms with van der Waals surface area (Å²) in [7, 11) is 0. The molecule has 1 aliphatic rings. The van der Waals surface area contributed by atoms with Gasteiger partial charge in [0, 0.05) is 13.1 Å². The summed E-state index contributed by atoms with van der Waals surface area (Å²) in [4.78, 5) is 26.3. The number of cyclic esters (lactones) is 1. The van der Waals surface area contributed by atoms with E-state index >= 15 is 0 Å². The summed E-state index contributed by atoms with van der Waals surface area (Å²) < 4.78 is 10.5. The monoisotopic (exact) mass is 371 g/mol. The molecule has 5 N–H and O–H groups in total. The van der Waals surface area contributed by atoms with Crippen LogP contribution in [0, 0.1) is 0 Å². The number of nitrogens with two attached hydrogens (primary N) is 2. The van der Waals surface area contributed by atoms with Crippen LogP contribution in [0.5, 0.6) is 0 Å². The Labute approximate surface area is 156 Å². The number of nitrogens with zero attached hydrogens (tertiary/aromatic N) is 1. The highest BCUT2D eigenvalue weighted by Crippen LogP contribution is 2.31. The van der Waals surface area contributed by atoms with Gasteiger partial charge in [0.2, 0.25) is 5.60 Å². The van der Waals surface area contributed by atoms with Crippen molar-refractivity contribution in [2.24, 2.45) is 11.5 Å². The van der Waals surface area contributed by atoms with Crippen LogP contribution >= 0.6 is 0 Å². The van der Waals surface area contributed by atoms with E-state index in [0.717, 1.165) is 0 Å². The van der Waals surface area contributed by atoms with Gasteiger partial charge in [-0.2, -0.15) is 0 Å². The van der Waals surface area contributed by atoms with E-state index in [9.17, 15) is 14.7 Å². The van der Waals surface area contributed by atoms with Crippen molar-refractivity contribution in [3.05, 3.63) is 60.7 Å². The minimum Gasteiger partial charge on any atom is -0.455 e. The lowest BCUT2D eigenvalue weighted by Crippen LogP contribution is -2.55. The molecule has 2 aromatic carbocycles. The number of rotatable bonds is 5. The first-order valence-corrected chi connectivity index (χ1v) is 8.45. The number of amides is 1. The maximum Gasteiger partial charge on any atom is 0.419 e. The summed E-state index contributed by atoms with van der Waals surface area (Å²) in [6.07, 6.45) is -3.09. The van der Waals surface area contributed by atoms with Gasteiger partial charge in [0.15, 0.2) is 12.2 Å². The van der Waals surface area contributed by atoms with Gasteiger partial charge >= 0.3 is 12.1 Å². The second-order valence-corrected chi connectivity index (χ2v) is 6.12. The number of para-hydroxylation sites is 2. The van der Waals surface area contributed by atoms with Crippen molar-refractivity contribution < 1.29 is 24.2 Å². The molecular formula is C19H21N3O5. The minimum absolute atomic E-state index is 0.122. The lowest BCUT2D eigenvalue weighted by molar-refractivity contribution is -0.155. The molecule has 0 spiro atoms.